The minimum Gasteiger partial charge on any atom is -0.424 e. The van der Waals surface area contributed by atoms with E-state index in [2.05, 4.69) is 70.1 Å². The van der Waals surface area contributed by atoms with Gasteiger partial charge in [0.05, 0.1) is 0 Å². The molecule has 0 saturated heterocycles. The van der Waals surface area contributed by atoms with E-state index in [0.29, 0.717) is 35.4 Å². The van der Waals surface area contributed by atoms with Gasteiger partial charge in [-0.15, -0.1) is 0 Å². The molecular formula is C45H77N9O2. The first-order valence-electron chi connectivity index (χ1n) is 22.7. The smallest absolute Gasteiger partial charge is 0.328 e. The Kier molecular flexibility index (Phi) is 23.1. The van der Waals surface area contributed by atoms with Gasteiger partial charge < -0.3 is 24.2 Å². The Labute approximate surface area is 340 Å². The maximum absolute atomic E-state index is 6.44. The van der Waals surface area contributed by atoms with Crippen LogP contribution in [0.5, 0.6) is 23.5 Å². The predicted molar refractivity (Wildman–Crippen MR) is 234 cm³/mol. The van der Waals surface area contributed by atoms with Gasteiger partial charge in [0.1, 0.15) is 17.3 Å². The Balaban J connectivity index is 1.97. The third-order valence-electron chi connectivity index (χ3n) is 10.2. The van der Waals surface area contributed by atoms with Crippen molar-refractivity contribution in [3.8, 4) is 23.5 Å². The maximum Gasteiger partial charge on any atom is 0.328 e. The molecule has 0 fully saturated rings. The molecule has 0 bridgehead atoms. The molecule has 0 radical (unpaired) electrons. The van der Waals surface area contributed by atoms with Crippen LogP contribution in [0.25, 0.3) is 0 Å². The van der Waals surface area contributed by atoms with E-state index in [9.17, 15) is 0 Å². The summed E-state index contributed by atoms with van der Waals surface area (Å²) < 4.78 is 12.9. The normalized spacial score (nSPS) is 11.3. The van der Waals surface area contributed by atoms with Crippen LogP contribution in [-0.2, 0) is 0 Å². The molecule has 0 saturated carbocycles. The fraction of sp³-hybridized carbons (Fsp3) is 0.733. The highest BCUT2D eigenvalue weighted by Crippen LogP contribution is 2.31. The molecule has 3 aromatic rings. The topological polar surface area (TPSA) is 106 Å². The van der Waals surface area contributed by atoms with Crippen molar-refractivity contribution < 1.29 is 9.47 Å². The van der Waals surface area contributed by atoms with Crippen molar-refractivity contribution in [3.05, 3.63) is 30.1 Å². The number of hydrogen-bond donors (Lipinski definition) is 0. The van der Waals surface area contributed by atoms with E-state index in [-0.39, 0.29) is 5.92 Å². The van der Waals surface area contributed by atoms with Gasteiger partial charge in [0.25, 0.3) is 0 Å². The van der Waals surface area contributed by atoms with Gasteiger partial charge >= 0.3 is 12.0 Å². The van der Waals surface area contributed by atoms with Gasteiger partial charge in [-0.25, -0.2) is 0 Å². The fourth-order valence-electron chi connectivity index (χ4n) is 6.51. The molecule has 0 aliphatic heterocycles. The van der Waals surface area contributed by atoms with Crippen molar-refractivity contribution in [1.29, 1.82) is 0 Å². The largest absolute Gasteiger partial charge is 0.424 e. The number of unbranched alkanes of at least 4 members (excludes halogenated alkanes) is 8. The van der Waals surface area contributed by atoms with Crippen molar-refractivity contribution >= 4 is 17.8 Å². The molecule has 0 N–H and O–H groups in total. The van der Waals surface area contributed by atoms with Crippen LogP contribution in [0.4, 0.5) is 17.8 Å². The summed E-state index contributed by atoms with van der Waals surface area (Å²) in [6.07, 6.45) is 19.9. The number of aromatic nitrogens is 6. The third-order valence-corrected chi connectivity index (χ3v) is 10.2. The molecule has 0 atom stereocenters. The van der Waals surface area contributed by atoms with Crippen LogP contribution in [-0.4, -0.2) is 69.2 Å². The minimum atomic E-state index is 0.281. The van der Waals surface area contributed by atoms with Gasteiger partial charge in [0, 0.05) is 45.2 Å². The molecule has 11 nitrogen and oxygen atoms in total. The first kappa shape index (κ1) is 46.6. The zero-order chi connectivity index (χ0) is 40.4. The number of ether oxygens (including phenoxy) is 2. The molecule has 1 aromatic carbocycles. The zero-order valence-corrected chi connectivity index (χ0v) is 36.7. The van der Waals surface area contributed by atoms with Gasteiger partial charge in [-0.05, 0) is 75.6 Å². The average molecular weight is 776 g/mol. The Morgan fingerprint density at radius 3 is 1.02 bits per heavy atom. The highest BCUT2D eigenvalue weighted by molar-refractivity contribution is 5.42. The molecule has 2 aromatic heterocycles. The number of anilines is 3. The van der Waals surface area contributed by atoms with E-state index >= 15 is 0 Å². The molecule has 0 aliphatic carbocycles. The highest BCUT2D eigenvalue weighted by Gasteiger charge is 2.22. The van der Waals surface area contributed by atoms with Crippen LogP contribution < -0.4 is 24.2 Å². The summed E-state index contributed by atoms with van der Waals surface area (Å²) >= 11 is 0. The van der Waals surface area contributed by atoms with E-state index in [1.165, 1.54) is 0 Å². The molecule has 0 aliphatic rings. The SMILES string of the molecule is CCCCC(CCCC)c1nc(Oc2ccc(Oc3nc(N(CCCC)CCCC)nc(N(CCCC)CCCC)n3)cc2)nc(N(CCCC)CCCC)n1. The van der Waals surface area contributed by atoms with E-state index in [4.69, 9.17) is 39.4 Å². The Hall–Kier alpha value is -3.76. The molecule has 56 heavy (non-hydrogen) atoms. The minimum absolute atomic E-state index is 0.281. The molecule has 3 rings (SSSR count). The number of nitrogens with zero attached hydrogens (tertiary/aromatic N) is 9. The highest BCUT2D eigenvalue weighted by atomic mass is 16.5. The molecule has 0 unspecified atom stereocenters. The second-order valence-electron chi connectivity index (χ2n) is 15.2. The maximum atomic E-state index is 6.44. The lowest BCUT2D eigenvalue weighted by molar-refractivity contribution is 0.418. The monoisotopic (exact) mass is 776 g/mol. The second-order valence-corrected chi connectivity index (χ2v) is 15.2. The van der Waals surface area contributed by atoms with Crippen LogP contribution in [0.2, 0.25) is 0 Å². The van der Waals surface area contributed by atoms with Crippen LogP contribution in [0.1, 0.15) is 183 Å². The number of hydrogen-bond acceptors (Lipinski definition) is 11. The molecule has 0 amide bonds. The van der Waals surface area contributed by atoms with Crippen molar-refractivity contribution in [2.45, 2.75) is 177 Å². The first-order valence-corrected chi connectivity index (χ1v) is 22.7. The quantitative estimate of drug-likeness (QED) is 0.0605. The van der Waals surface area contributed by atoms with Gasteiger partial charge in [-0.3, -0.25) is 0 Å². The van der Waals surface area contributed by atoms with E-state index in [1.807, 2.05) is 24.3 Å². The van der Waals surface area contributed by atoms with E-state index in [1.54, 1.807) is 0 Å². The van der Waals surface area contributed by atoms with E-state index < -0.39 is 0 Å². The first-order chi connectivity index (χ1) is 27.4. The summed E-state index contributed by atoms with van der Waals surface area (Å²) in [4.78, 5) is 36.8. The van der Waals surface area contributed by atoms with Crippen LogP contribution in [0.15, 0.2) is 24.3 Å². The lowest BCUT2D eigenvalue weighted by Gasteiger charge is -2.26. The van der Waals surface area contributed by atoms with Crippen molar-refractivity contribution in [1.82, 2.24) is 29.9 Å². The molecule has 2 heterocycles. The van der Waals surface area contributed by atoms with Crippen molar-refractivity contribution in [2.75, 3.05) is 54.0 Å². The van der Waals surface area contributed by atoms with Crippen LogP contribution in [0, 0.1) is 0 Å². The lowest BCUT2D eigenvalue weighted by atomic mass is 9.95. The lowest BCUT2D eigenvalue weighted by Crippen LogP contribution is -2.31. The molecule has 11 heteroatoms. The van der Waals surface area contributed by atoms with Gasteiger partial charge in [0.2, 0.25) is 17.8 Å². The fourth-order valence-corrected chi connectivity index (χ4v) is 6.51. The van der Waals surface area contributed by atoms with Crippen LogP contribution in [0.3, 0.4) is 0 Å². The zero-order valence-electron chi connectivity index (χ0n) is 36.7. The van der Waals surface area contributed by atoms with Crippen LogP contribution >= 0.6 is 0 Å². The number of benzene rings is 1. The Morgan fingerprint density at radius 2 is 0.696 bits per heavy atom. The number of rotatable bonds is 32. The predicted octanol–water partition coefficient (Wildman–Crippen LogP) is 12.3. The van der Waals surface area contributed by atoms with Gasteiger partial charge in [0.15, 0.2) is 0 Å². The molecule has 0 spiro atoms. The Morgan fingerprint density at radius 1 is 0.393 bits per heavy atom. The summed E-state index contributed by atoms with van der Waals surface area (Å²) in [6.45, 7) is 23.3. The van der Waals surface area contributed by atoms with E-state index in [0.717, 1.165) is 167 Å². The second kappa shape index (κ2) is 27.8. The summed E-state index contributed by atoms with van der Waals surface area (Å²) in [5, 5.41) is 0. The summed E-state index contributed by atoms with van der Waals surface area (Å²) in [6, 6.07) is 8.27. The molecular weight excluding hydrogens is 699 g/mol. The Bertz CT molecular complexity index is 1240. The van der Waals surface area contributed by atoms with Gasteiger partial charge in [-0.1, -0.05) is 120 Å². The summed E-state index contributed by atoms with van der Waals surface area (Å²) in [5.74, 6) is 4.51. The average Bonchev–Trinajstić information content (AvgIpc) is 3.21. The van der Waals surface area contributed by atoms with Crippen molar-refractivity contribution in [3.63, 3.8) is 0 Å². The summed E-state index contributed by atoms with van der Waals surface area (Å²) in [5.41, 5.74) is 0. The molecule has 314 valence electrons. The standard InChI is InChI=1S/C45H77N9O2/c1-9-17-25-37(26-18-10-2)40-46-41(52(31-19-11-3)32-20-12-4)49-44(47-40)55-38-27-29-39(30-28-38)56-45-50-42(53(33-21-13-5)34-22-14-6)48-43(51-45)54(35-23-15-7)36-24-16-8/h27-30,37H,9-26,31-36H2,1-8H3. The van der Waals surface area contributed by atoms with Crippen molar-refractivity contribution in [2.24, 2.45) is 0 Å². The summed E-state index contributed by atoms with van der Waals surface area (Å²) in [7, 11) is 0. The third kappa shape index (κ3) is 16.4. The van der Waals surface area contributed by atoms with Gasteiger partial charge in [-0.2, -0.15) is 29.9 Å².